The van der Waals surface area contributed by atoms with Crippen LogP contribution in [0, 0.1) is 0 Å². The number of aromatic nitrogens is 1. The first-order chi connectivity index (χ1) is 8.15. The Morgan fingerprint density at radius 1 is 1.59 bits per heavy atom. The van der Waals surface area contributed by atoms with Crippen molar-refractivity contribution in [2.45, 2.75) is 26.8 Å². The van der Waals surface area contributed by atoms with E-state index < -0.39 is 0 Å². The summed E-state index contributed by atoms with van der Waals surface area (Å²) < 4.78 is 4.94. The van der Waals surface area contributed by atoms with Crippen LogP contribution in [0.25, 0.3) is 0 Å². The topological polar surface area (TPSA) is 68.5 Å². The summed E-state index contributed by atoms with van der Waals surface area (Å²) >= 11 is 1.46. The van der Waals surface area contributed by atoms with Crippen molar-refractivity contribution in [2.75, 3.05) is 25.4 Å². The molecule has 0 unspecified atom stereocenters. The highest BCUT2D eigenvalue weighted by Gasteiger charge is 2.12. The van der Waals surface area contributed by atoms with E-state index in [9.17, 15) is 4.79 Å². The fraction of sp³-hybridized carbons (Fsp3) is 0.636. The van der Waals surface area contributed by atoms with Gasteiger partial charge in [-0.15, -0.1) is 11.3 Å². The molecule has 0 aliphatic rings. The molecule has 0 spiro atoms. The largest absolute Gasteiger partial charge is 0.465 e. The van der Waals surface area contributed by atoms with Crippen molar-refractivity contribution in [2.24, 2.45) is 0 Å². The maximum Gasteiger partial charge on any atom is 0.320 e. The fourth-order valence-electron chi connectivity index (χ4n) is 1.54. The molecular formula is C11H19N3O2S. The van der Waals surface area contributed by atoms with Crippen molar-refractivity contribution >= 4 is 22.4 Å². The minimum atomic E-state index is -0.182. The molecule has 0 aromatic carbocycles. The Kier molecular flexibility index (Phi) is 5.93. The number of hydrogen-bond donors (Lipinski definition) is 1. The van der Waals surface area contributed by atoms with Crippen molar-refractivity contribution in [3.8, 4) is 0 Å². The van der Waals surface area contributed by atoms with E-state index in [1.807, 2.05) is 11.8 Å². The molecule has 1 aromatic rings. The molecule has 0 amide bonds. The first kappa shape index (κ1) is 13.9. The third-order valence-corrected chi connectivity index (χ3v) is 2.96. The second-order valence-corrected chi connectivity index (χ2v) is 4.83. The van der Waals surface area contributed by atoms with E-state index in [1.165, 1.54) is 11.3 Å². The minimum Gasteiger partial charge on any atom is -0.465 e. The zero-order valence-corrected chi connectivity index (χ0v) is 11.1. The van der Waals surface area contributed by atoms with Gasteiger partial charge in [-0.25, -0.2) is 4.98 Å². The molecule has 0 aliphatic carbocycles. The summed E-state index contributed by atoms with van der Waals surface area (Å²) in [6, 6.07) is 0. The summed E-state index contributed by atoms with van der Waals surface area (Å²) in [6.07, 6.45) is 2.75. The van der Waals surface area contributed by atoms with Gasteiger partial charge in [0.25, 0.3) is 0 Å². The second kappa shape index (κ2) is 7.24. The van der Waals surface area contributed by atoms with Gasteiger partial charge in [0, 0.05) is 17.6 Å². The van der Waals surface area contributed by atoms with Gasteiger partial charge in [-0.2, -0.15) is 0 Å². The molecule has 17 heavy (non-hydrogen) atoms. The summed E-state index contributed by atoms with van der Waals surface area (Å²) in [7, 11) is 0. The van der Waals surface area contributed by atoms with Crippen LogP contribution in [-0.4, -0.2) is 35.5 Å². The van der Waals surface area contributed by atoms with E-state index >= 15 is 0 Å². The lowest BCUT2D eigenvalue weighted by Gasteiger charge is -2.19. The van der Waals surface area contributed by atoms with Crippen LogP contribution in [-0.2, 0) is 16.1 Å². The molecular weight excluding hydrogens is 238 g/mol. The van der Waals surface area contributed by atoms with Gasteiger partial charge in [0.1, 0.15) is 0 Å². The summed E-state index contributed by atoms with van der Waals surface area (Å²) in [6.45, 7) is 6.19. The highest BCUT2D eigenvalue weighted by molar-refractivity contribution is 7.15. The molecule has 1 rings (SSSR count). The average Bonchev–Trinajstić information content (AvgIpc) is 2.64. The second-order valence-electron chi connectivity index (χ2n) is 3.68. The van der Waals surface area contributed by atoms with Crippen molar-refractivity contribution in [3.63, 3.8) is 0 Å². The van der Waals surface area contributed by atoms with E-state index in [2.05, 4.69) is 11.9 Å². The number of ether oxygens (including phenoxy) is 1. The maximum atomic E-state index is 11.4. The van der Waals surface area contributed by atoms with Crippen LogP contribution in [0.2, 0.25) is 0 Å². The Hall–Kier alpha value is -1.14. The summed E-state index contributed by atoms with van der Waals surface area (Å²) in [4.78, 5) is 18.5. The van der Waals surface area contributed by atoms with Crippen molar-refractivity contribution in [3.05, 3.63) is 11.1 Å². The molecule has 2 N–H and O–H groups in total. The number of thiazole rings is 1. The lowest BCUT2D eigenvalue weighted by Crippen LogP contribution is -2.31. The van der Waals surface area contributed by atoms with E-state index in [1.54, 1.807) is 6.20 Å². The highest BCUT2D eigenvalue weighted by Crippen LogP contribution is 2.16. The number of carbonyl (C=O) groups is 1. The number of anilines is 1. The van der Waals surface area contributed by atoms with Crippen LogP contribution in [0.5, 0.6) is 0 Å². The van der Waals surface area contributed by atoms with Gasteiger partial charge in [0.2, 0.25) is 0 Å². The normalized spacial score (nSPS) is 10.8. The zero-order valence-electron chi connectivity index (χ0n) is 10.3. The molecule has 96 valence electrons. The van der Waals surface area contributed by atoms with Crippen LogP contribution in [0.3, 0.4) is 0 Å². The number of carbonyl (C=O) groups excluding carboxylic acids is 1. The Bertz CT molecular complexity index is 354. The molecule has 0 fully saturated rings. The maximum absolute atomic E-state index is 11.4. The molecule has 0 radical (unpaired) electrons. The lowest BCUT2D eigenvalue weighted by atomic mass is 10.3. The SMILES string of the molecule is CCCN(CC(=O)OCC)Cc1cnc(N)s1. The molecule has 0 saturated heterocycles. The van der Waals surface area contributed by atoms with Crippen LogP contribution in [0.15, 0.2) is 6.20 Å². The molecule has 1 heterocycles. The Labute approximate surface area is 106 Å². The van der Waals surface area contributed by atoms with Gasteiger partial charge in [-0.3, -0.25) is 9.69 Å². The Balaban J connectivity index is 2.50. The van der Waals surface area contributed by atoms with Gasteiger partial charge in [-0.1, -0.05) is 6.92 Å². The Morgan fingerprint density at radius 2 is 2.35 bits per heavy atom. The number of nitrogen functional groups attached to an aromatic ring is 1. The average molecular weight is 257 g/mol. The number of rotatable bonds is 7. The molecule has 0 aliphatic heterocycles. The van der Waals surface area contributed by atoms with Crippen LogP contribution in [0.1, 0.15) is 25.1 Å². The molecule has 5 nitrogen and oxygen atoms in total. The summed E-state index contributed by atoms with van der Waals surface area (Å²) in [5.41, 5.74) is 5.57. The predicted octanol–water partition coefficient (Wildman–Crippen LogP) is 1.50. The van der Waals surface area contributed by atoms with Gasteiger partial charge < -0.3 is 10.5 Å². The number of nitrogens with zero attached hydrogens (tertiary/aromatic N) is 2. The smallest absolute Gasteiger partial charge is 0.320 e. The summed E-state index contributed by atoms with van der Waals surface area (Å²) in [5, 5.41) is 0.563. The van der Waals surface area contributed by atoms with E-state index in [4.69, 9.17) is 10.5 Å². The number of nitrogens with two attached hydrogens (primary N) is 1. The third-order valence-electron chi connectivity index (χ3n) is 2.15. The molecule has 1 aromatic heterocycles. The van der Waals surface area contributed by atoms with Gasteiger partial charge >= 0.3 is 5.97 Å². The number of hydrogen-bond acceptors (Lipinski definition) is 6. The van der Waals surface area contributed by atoms with Crippen LogP contribution in [0.4, 0.5) is 5.13 Å². The third kappa shape index (κ3) is 5.14. The van der Waals surface area contributed by atoms with Crippen LogP contribution >= 0.6 is 11.3 Å². The zero-order chi connectivity index (χ0) is 12.7. The van der Waals surface area contributed by atoms with Gasteiger partial charge in [0.15, 0.2) is 5.13 Å². The van der Waals surface area contributed by atoms with Crippen molar-refractivity contribution in [1.82, 2.24) is 9.88 Å². The molecule has 6 heteroatoms. The first-order valence-corrected chi connectivity index (χ1v) is 6.55. The monoisotopic (exact) mass is 257 g/mol. The van der Waals surface area contributed by atoms with E-state index in [-0.39, 0.29) is 5.97 Å². The predicted molar refractivity (Wildman–Crippen MR) is 68.7 cm³/mol. The molecule has 0 bridgehead atoms. The summed E-state index contributed by atoms with van der Waals surface area (Å²) in [5.74, 6) is -0.182. The minimum absolute atomic E-state index is 0.182. The lowest BCUT2D eigenvalue weighted by molar-refractivity contribution is -0.144. The molecule has 0 saturated carbocycles. The van der Waals surface area contributed by atoms with Crippen molar-refractivity contribution in [1.29, 1.82) is 0 Å². The highest BCUT2D eigenvalue weighted by atomic mass is 32.1. The molecule has 0 atom stereocenters. The van der Waals surface area contributed by atoms with Gasteiger partial charge in [0.05, 0.1) is 13.2 Å². The van der Waals surface area contributed by atoms with Gasteiger partial charge in [-0.05, 0) is 19.9 Å². The van der Waals surface area contributed by atoms with Crippen LogP contribution < -0.4 is 5.73 Å². The quantitative estimate of drug-likeness (QED) is 0.750. The van der Waals surface area contributed by atoms with E-state index in [0.717, 1.165) is 17.8 Å². The van der Waals surface area contributed by atoms with Crippen molar-refractivity contribution < 1.29 is 9.53 Å². The first-order valence-electron chi connectivity index (χ1n) is 5.73. The van der Waals surface area contributed by atoms with E-state index in [0.29, 0.717) is 24.8 Å². The fourth-order valence-corrected chi connectivity index (χ4v) is 2.26. The Morgan fingerprint density at radius 3 is 2.88 bits per heavy atom. The number of esters is 1. The standard InChI is InChI=1S/C11H19N3O2S/c1-3-5-14(8-10(15)16-4-2)7-9-6-13-11(12)17-9/h6H,3-5,7-8H2,1-2H3,(H2,12,13).